The van der Waals surface area contributed by atoms with E-state index in [2.05, 4.69) is 37.5 Å². The number of pyridine rings is 1. The van der Waals surface area contributed by atoms with Gasteiger partial charge >= 0.3 is 0 Å². The molecule has 14 heavy (non-hydrogen) atoms. The molecule has 0 atom stereocenters. The van der Waals surface area contributed by atoms with E-state index in [9.17, 15) is 0 Å². The highest BCUT2D eigenvalue weighted by atomic mass is 127. The Morgan fingerprint density at radius 1 is 1.36 bits per heavy atom. The van der Waals surface area contributed by atoms with Crippen molar-refractivity contribution in [3.05, 3.63) is 39.9 Å². The van der Waals surface area contributed by atoms with Crippen LogP contribution in [0.4, 0.5) is 0 Å². The number of halogens is 1. The van der Waals surface area contributed by atoms with E-state index >= 15 is 0 Å². The van der Waals surface area contributed by atoms with Crippen LogP contribution in [0.5, 0.6) is 0 Å². The summed E-state index contributed by atoms with van der Waals surface area (Å²) in [7, 11) is 0. The molecule has 0 saturated carbocycles. The Bertz CT molecular complexity index is 566. The number of aromatic amines is 1. The molecular formula is C10H6IN3. The quantitative estimate of drug-likeness (QED) is 0.821. The number of imidazole rings is 1. The maximum absolute atomic E-state index is 4.40. The normalized spacial score (nSPS) is 14.2. The number of allylic oxidation sites excluding steroid dienone is 4. The summed E-state index contributed by atoms with van der Waals surface area (Å²) >= 11 is 2.28. The number of nitrogens with one attached hydrogen (secondary N) is 1. The predicted molar refractivity (Wildman–Crippen MR) is 63.7 cm³/mol. The molecule has 0 saturated heterocycles. The third-order valence-electron chi connectivity index (χ3n) is 2.17. The average Bonchev–Trinajstić information content (AvgIpc) is 2.46. The minimum atomic E-state index is 0.785. The number of hydrogen-bond donors (Lipinski definition) is 1. The Balaban J connectivity index is 2.25. The largest absolute Gasteiger partial charge is 0.336 e. The molecule has 3 rings (SSSR count). The van der Waals surface area contributed by atoms with Gasteiger partial charge in [0.05, 0.1) is 5.52 Å². The first kappa shape index (κ1) is 8.16. The molecule has 2 heterocycles. The zero-order chi connectivity index (χ0) is 9.54. The van der Waals surface area contributed by atoms with Crippen LogP contribution in [0, 0.1) is 3.57 Å². The van der Waals surface area contributed by atoms with E-state index in [1.807, 2.05) is 24.3 Å². The lowest BCUT2D eigenvalue weighted by Gasteiger charge is -2.01. The van der Waals surface area contributed by atoms with Crippen molar-refractivity contribution in [2.24, 2.45) is 0 Å². The van der Waals surface area contributed by atoms with E-state index in [0.29, 0.717) is 0 Å². The lowest BCUT2D eigenvalue weighted by molar-refractivity contribution is 1.24. The van der Waals surface area contributed by atoms with E-state index < -0.39 is 0 Å². The smallest absolute Gasteiger partial charge is 0.179 e. The van der Waals surface area contributed by atoms with Crippen molar-refractivity contribution < 1.29 is 0 Å². The van der Waals surface area contributed by atoms with E-state index in [1.165, 1.54) is 0 Å². The van der Waals surface area contributed by atoms with Crippen LogP contribution in [0.1, 0.15) is 5.82 Å². The van der Waals surface area contributed by atoms with Crippen LogP contribution in [0.25, 0.3) is 16.7 Å². The molecule has 2 aromatic rings. The van der Waals surface area contributed by atoms with Crippen molar-refractivity contribution in [2.45, 2.75) is 0 Å². The summed E-state index contributed by atoms with van der Waals surface area (Å²) in [6.07, 6.45) is 7.84. The molecule has 68 valence electrons. The molecule has 4 heteroatoms. The molecule has 1 aliphatic rings. The Morgan fingerprint density at radius 2 is 2.21 bits per heavy atom. The van der Waals surface area contributed by atoms with Crippen LogP contribution in [-0.4, -0.2) is 15.0 Å². The van der Waals surface area contributed by atoms with Gasteiger partial charge in [0.2, 0.25) is 0 Å². The molecule has 0 unspecified atom stereocenters. The van der Waals surface area contributed by atoms with Crippen molar-refractivity contribution in [1.29, 1.82) is 0 Å². The standard InChI is InChI=1S/C10H6IN3/c11-7-4-5-12-10-8(7)13-9(14-10)6-2-1-3-6/h1-5H,(H,12,13,14). The van der Waals surface area contributed by atoms with E-state index in [1.54, 1.807) is 6.20 Å². The topological polar surface area (TPSA) is 41.6 Å². The zero-order valence-corrected chi connectivity index (χ0v) is 9.32. The molecule has 3 nitrogen and oxygen atoms in total. The number of nitrogens with zero attached hydrogens (tertiary/aromatic N) is 2. The van der Waals surface area contributed by atoms with Gasteiger partial charge in [-0.05, 0) is 28.7 Å². The number of H-pyrrole nitrogens is 1. The minimum Gasteiger partial charge on any atom is -0.336 e. The van der Waals surface area contributed by atoms with Gasteiger partial charge in [-0.1, -0.05) is 18.2 Å². The van der Waals surface area contributed by atoms with E-state index in [0.717, 1.165) is 26.1 Å². The number of hydrogen-bond acceptors (Lipinski definition) is 2. The summed E-state index contributed by atoms with van der Waals surface area (Å²) in [6, 6.07) is 1.97. The second-order valence-corrected chi connectivity index (χ2v) is 4.22. The molecule has 1 N–H and O–H groups in total. The van der Waals surface area contributed by atoms with Gasteiger partial charge in [-0.15, -0.1) is 0 Å². The van der Waals surface area contributed by atoms with Crippen LogP contribution in [0.2, 0.25) is 0 Å². The SMILES string of the molecule is Ic1ccnc2nc(C3=CC=C3)[nH]c12. The van der Waals surface area contributed by atoms with Gasteiger partial charge < -0.3 is 4.98 Å². The van der Waals surface area contributed by atoms with Gasteiger partial charge in [0.1, 0.15) is 5.82 Å². The molecule has 0 radical (unpaired) electrons. The van der Waals surface area contributed by atoms with Crippen LogP contribution >= 0.6 is 22.6 Å². The number of fused-ring (bicyclic) bond motifs is 1. The van der Waals surface area contributed by atoms with Crippen molar-refractivity contribution in [3.63, 3.8) is 0 Å². The monoisotopic (exact) mass is 295 g/mol. The van der Waals surface area contributed by atoms with Gasteiger partial charge in [-0.3, -0.25) is 0 Å². The number of aromatic nitrogens is 3. The van der Waals surface area contributed by atoms with Gasteiger partial charge in [-0.25, -0.2) is 9.97 Å². The minimum absolute atomic E-state index is 0.785. The second-order valence-electron chi connectivity index (χ2n) is 3.06. The molecule has 0 spiro atoms. The van der Waals surface area contributed by atoms with Gasteiger partial charge in [0.15, 0.2) is 5.65 Å². The first-order valence-corrected chi connectivity index (χ1v) is 5.31. The van der Waals surface area contributed by atoms with Crippen molar-refractivity contribution in [1.82, 2.24) is 15.0 Å². The summed E-state index contributed by atoms with van der Waals surface area (Å²) < 4.78 is 1.15. The van der Waals surface area contributed by atoms with Crippen LogP contribution < -0.4 is 0 Å². The van der Waals surface area contributed by atoms with Crippen LogP contribution in [-0.2, 0) is 0 Å². The predicted octanol–water partition coefficient (Wildman–Crippen LogP) is 2.52. The Labute approximate surface area is 94.1 Å². The Kier molecular flexibility index (Phi) is 1.70. The fourth-order valence-electron chi connectivity index (χ4n) is 1.37. The average molecular weight is 295 g/mol. The molecule has 0 fully saturated rings. The third kappa shape index (κ3) is 1.10. The van der Waals surface area contributed by atoms with Crippen molar-refractivity contribution in [2.75, 3.05) is 0 Å². The molecular weight excluding hydrogens is 289 g/mol. The molecule has 0 bridgehead atoms. The fraction of sp³-hybridized carbons (Fsp3) is 0. The van der Waals surface area contributed by atoms with Crippen LogP contribution in [0.15, 0.2) is 30.5 Å². The Morgan fingerprint density at radius 3 is 2.86 bits per heavy atom. The molecule has 0 aromatic carbocycles. The highest BCUT2D eigenvalue weighted by Crippen LogP contribution is 2.23. The van der Waals surface area contributed by atoms with Crippen molar-refractivity contribution >= 4 is 39.3 Å². The fourth-order valence-corrected chi connectivity index (χ4v) is 1.90. The Hall–Kier alpha value is -1.17. The van der Waals surface area contributed by atoms with Gasteiger partial charge in [0.25, 0.3) is 0 Å². The van der Waals surface area contributed by atoms with Gasteiger partial charge in [0, 0.05) is 15.3 Å². The van der Waals surface area contributed by atoms with Gasteiger partial charge in [-0.2, -0.15) is 0 Å². The summed E-state index contributed by atoms with van der Waals surface area (Å²) in [5, 5.41) is 0. The summed E-state index contributed by atoms with van der Waals surface area (Å²) in [5.41, 5.74) is 2.94. The molecule has 0 aliphatic heterocycles. The van der Waals surface area contributed by atoms with E-state index in [4.69, 9.17) is 0 Å². The highest BCUT2D eigenvalue weighted by molar-refractivity contribution is 14.1. The third-order valence-corrected chi connectivity index (χ3v) is 3.07. The maximum Gasteiger partial charge on any atom is 0.179 e. The second kappa shape index (κ2) is 2.91. The first-order valence-electron chi connectivity index (χ1n) is 4.23. The summed E-state index contributed by atoms with van der Waals surface area (Å²) in [4.78, 5) is 11.9. The summed E-state index contributed by atoms with van der Waals surface area (Å²) in [6.45, 7) is 0. The number of rotatable bonds is 1. The molecule has 1 aliphatic carbocycles. The van der Waals surface area contributed by atoms with Crippen LogP contribution in [0.3, 0.4) is 0 Å². The molecule has 2 aromatic heterocycles. The zero-order valence-electron chi connectivity index (χ0n) is 7.16. The molecule has 0 amide bonds. The first-order chi connectivity index (χ1) is 6.84. The van der Waals surface area contributed by atoms with Crippen molar-refractivity contribution in [3.8, 4) is 0 Å². The lowest BCUT2D eigenvalue weighted by Crippen LogP contribution is -1.88. The lowest BCUT2D eigenvalue weighted by atomic mass is 10.1. The highest BCUT2D eigenvalue weighted by Gasteiger charge is 2.10. The van der Waals surface area contributed by atoms with E-state index in [-0.39, 0.29) is 0 Å². The summed E-state index contributed by atoms with van der Waals surface area (Å²) in [5.74, 6) is 0.902. The maximum atomic E-state index is 4.40.